The Morgan fingerprint density at radius 2 is 1.97 bits per heavy atom. The SMILES string of the molecule is C=C1C(=CC=C2CCC[C@]3(C)[C@@H]([C@H](C)C=C[C@H](O)C4(c5ncc(CC)o5)CC4)CC[C@@H]23)C[C@@H](O)C[C@@H]1O. The van der Waals surface area contributed by atoms with Crippen LogP contribution in [0.3, 0.4) is 0 Å². The molecule has 0 bridgehead atoms. The zero-order valence-corrected chi connectivity index (χ0v) is 22.8. The Labute approximate surface area is 222 Å². The molecule has 4 aliphatic rings. The molecule has 5 heteroatoms. The summed E-state index contributed by atoms with van der Waals surface area (Å²) in [5, 5.41) is 31.4. The van der Waals surface area contributed by atoms with Gasteiger partial charge in [-0.05, 0) is 85.7 Å². The molecule has 0 radical (unpaired) electrons. The highest BCUT2D eigenvalue weighted by Gasteiger charge is 2.54. The van der Waals surface area contributed by atoms with Crippen molar-refractivity contribution in [3.8, 4) is 0 Å². The minimum Gasteiger partial charge on any atom is -0.445 e. The van der Waals surface area contributed by atoms with E-state index in [1.807, 2.05) is 6.08 Å². The molecule has 202 valence electrons. The second-order valence-electron chi connectivity index (χ2n) is 12.5. The Morgan fingerprint density at radius 3 is 2.68 bits per heavy atom. The molecule has 4 fully saturated rings. The van der Waals surface area contributed by atoms with Crippen LogP contribution in [0.5, 0.6) is 0 Å². The fraction of sp³-hybridized carbons (Fsp3) is 0.656. The van der Waals surface area contributed by atoms with Crippen LogP contribution in [-0.2, 0) is 11.8 Å². The van der Waals surface area contributed by atoms with E-state index < -0.39 is 18.3 Å². The molecule has 0 amide bonds. The normalized spacial score (nSPS) is 37.3. The fourth-order valence-electron chi connectivity index (χ4n) is 7.68. The third kappa shape index (κ3) is 4.95. The number of rotatable bonds is 7. The van der Waals surface area contributed by atoms with Crippen LogP contribution in [0.25, 0.3) is 0 Å². The maximum Gasteiger partial charge on any atom is 0.203 e. The zero-order valence-electron chi connectivity index (χ0n) is 22.8. The summed E-state index contributed by atoms with van der Waals surface area (Å²) >= 11 is 0. The molecule has 1 heterocycles. The molecule has 0 aliphatic heterocycles. The van der Waals surface area contributed by atoms with Gasteiger partial charge < -0.3 is 19.7 Å². The molecule has 4 saturated carbocycles. The van der Waals surface area contributed by atoms with Gasteiger partial charge in [0.05, 0.1) is 29.9 Å². The first-order valence-electron chi connectivity index (χ1n) is 14.4. The van der Waals surface area contributed by atoms with Gasteiger partial charge in [-0.1, -0.05) is 57.2 Å². The van der Waals surface area contributed by atoms with Gasteiger partial charge in [0.1, 0.15) is 5.76 Å². The first-order valence-corrected chi connectivity index (χ1v) is 14.4. The van der Waals surface area contributed by atoms with Crippen LogP contribution in [0.4, 0.5) is 0 Å². The lowest BCUT2D eigenvalue weighted by atomic mass is 9.61. The Bertz CT molecular complexity index is 1090. The van der Waals surface area contributed by atoms with E-state index >= 15 is 0 Å². The van der Waals surface area contributed by atoms with Crippen molar-refractivity contribution in [2.45, 2.75) is 109 Å². The van der Waals surface area contributed by atoms with Gasteiger partial charge in [0, 0.05) is 12.8 Å². The summed E-state index contributed by atoms with van der Waals surface area (Å²) in [6.45, 7) is 10.9. The number of aromatic nitrogens is 1. The Kier molecular flexibility index (Phi) is 7.43. The summed E-state index contributed by atoms with van der Waals surface area (Å²) in [4.78, 5) is 4.48. The number of nitrogens with zero attached hydrogens (tertiary/aromatic N) is 1. The van der Waals surface area contributed by atoms with Crippen molar-refractivity contribution in [2.24, 2.45) is 23.2 Å². The first kappa shape index (κ1) is 26.6. The lowest BCUT2D eigenvalue weighted by Crippen LogP contribution is -2.35. The van der Waals surface area contributed by atoms with E-state index in [2.05, 4.69) is 50.6 Å². The van der Waals surface area contributed by atoms with E-state index in [-0.39, 0.29) is 10.8 Å². The van der Waals surface area contributed by atoms with Crippen molar-refractivity contribution in [1.82, 2.24) is 4.98 Å². The molecule has 0 saturated heterocycles. The standard InChI is InChI=1S/C32H45NO4/c1-5-25-19-33-30(37-25)32(15-16-32)29(36)13-8-20(2)26-11-12-27-22(7-6-14-31(26,27)4)9-10-23-17-24(34)18-28(35)21(23)3/h8-10,13,19-20,24,26-29,34-36H,3,5-7,11-12,14-18H2,1-2,4H3/t20-,24-,26-,27+,28+,29+,31-/m1/s1. The maximum absolute atomic E-state index is 11.1. The van der Waals surface area contributed by atoms with Gasteiger partial charge in [0.2, 0.25) is 5.89 Å². The quantitative estimate of drug-likeness (QED) is 0.396. The predicted octanol–water partition coefficient (Wildman–Crippen LogP) is 5.96. The number of hydrogen-bond acceptors (Lipinski definition) is 5. The third-order valence-corrected chi connectivity index (χ3v) is 10.2. The highest BCUT2D eigenvalue weighted by Crippen LogP contribution is 2.60. The molecule has 4 aliphatic carbocycles. The topological polar surface area (TPSA) is 86.7 Å². The van der Waals surface area contributed by atoms with E-state index in [1.165, 1.54) is 31.3 Å². The van der Waals surface area contributed by atoms with Crippen LogP contribution in [-0.4, -0.2) is 38.6 Å². The van der Waals surface area contributed by atoms with E-state index in [0.717, 1.165) is 42.6 Å². The van der Waals surface area contributed by atoms with Crippen LogP contribution >= 0.6 is 0 Å². The van der Waals surface area contributed by atoms with Crippen LogP contribution in [0.2, 0.25) is 0 Å². The first-order chi connectivity index (χ1) is 17.7. The van der Waals surface area contributed by atoms with Crippen molar-refractivity contribution in [2.75, 3.05) is 0 Å². The molecule has 0 spiro atoms. The molecule has 1 aromatic heterocycles. The smallest absolute Gasteiger partial charge is 0.203 e. The summed E-state index contributed by atoms with van der Waals surface area (Å²) < 4.78 is 5.92. The Hall–Kier alpha value is -1.95. The van der Waals surface area contributed by atoms with E-state index in [0.29, 0.717) is 36.5 Å². The predicted molar refractivity (Wildman–Crippen MR) is 146 cm³/mol. The number of aryl methyl sites for hydroxylation is 1. The van der Waals surface area contributed by atoms with Crippen molar-refractivity contribution >= 4 is 0 Å². The van der Waals surface area contributed by atoms with Gasteiger partial charge in [-0.25, -0.2) is 4.98 Å². The molecule has 3 N–H and O–H groups in total. The highest BCUT2D eigenvalue weighted by atomic mass is 16.4. The van der Waals surface area contributed by atoms with E-state index in [4.69, 9.17) is 4.42 Å². The summed E-state index contributed by atoms with van der Waals surface area (Å²) in [7, 11) is 0. The van der Waals surface area contributed by atoms with Gasteiger partial charge in [0.15, 0.2) is 0 Å². The minimum absolute atomic E-state index is 0.246. The lowest BCUT2D eigenvalue weighted by molar-refractivity contribution is 0.0862. The van der Waals surface area contributed by atoms with E-state index in [9.17, 15) is 15.3 Å². The van der Waals surface area contributed by atoms with Gasteiger partial charge in [-0.15, -0.1) is 0 Å². The van der Waals surface area contributed by atoms with Crippen molar-refractivity contribution in [3.63, 3.8) is 0 Å². The number of oxazole rings is 1. The average Bonchev–Trinajstić information content (AvgIpc) is 3.39. The van der Waals surface area contributed by atoms with Crippen LogP contribution in [0.15, 0.2) is 58.2 Å². The Morgan fingerprint density at radius 1 is 1.19 bits per heavy atom. The second-order valence-corrected chi connectivity index (χ2v) is 12.5. The number of hydrogen-bond donors (Lipinski definition) is 3. The maximum atomic E-state index is 11.1. The van der Waals surface area contributed by atoms with Crippen molar-refractivity contribution in [3.05, 3.63) is 65.5 Å². The fourth-order valence-corrected chi connectivity index (χ4v) is 7.68. The number of aliphatic hydroxyl groups is 3. The highest BCUT2D eigenvalue weighted by molar-refractivity contribution is 5.38. The third-order valence-electron chi connectivity index (χ3n) is 10.2. The zero-order chi connectivity index (χ0) is 26.4. The number of fused-ring (bicyclic) bond motifs is 1. The largest absolute Gasteiger partial charge is 0.445 e. The molecule has 1 aromatic rings. The summed E-state index contributed by atoms with van der Waals surface area (Å²) in [6.07, 6.45) is 18.3. The molecule has 5 rings (SSSR count). The molecule has 0 aromatic carbocycles. The molecular formula is C32H45NO4. The van der Waals surface area contributed by atoms with E-state index in [1.54, 1.807) is 6.20 Å². The molecule has 0 unspecified atom stereocenters. The number of aliphatic hydroxyl groups excluding tert-OH is 3. The molecule has 5 nitrogen and oxygen atoms in total. The van der Waals surface area contributed by atoms with Crippen molar-refractivity contribution < 1.29 is 19.7 Å². The lowest BCUT2D eigenvalue weighted by Gasteiger charge is -2.44. The van der Waals surface area contributed by atoms with Crippen LogP contribution < -0.4 is 0 Å². The Balaban J connectivity index is 1.28. The minimum atomic E-state index is -0.643. The van der Waals surface area contributed by atoms with Gasteiger partial charge in [-0.3, -0.25) is 0 Å². The van der Waals surface area contributed by atoms with Gasteiger partial charge in [-0.2, -0.15) is 0 Å². The number of allylic oxidation sites excluding steroid dienone is 4. The van der Waals surface area contributed by atoms with Gasteiger partial charge in [0.25, 0.3) is 0 Å². The monoisotopic (exact) mass is 507 g/mol. The van der Waals surface area contributed by atoms with Crippen LogP contribution in [0.1, 0.15) is 90.2 Å². The van der Waals surface area contributed by atoms with Crippen LogP contribution in [0, 0.1) is 23.2 Å². The summed E-state index contributed by atoms with van der Waals surface area (Å²) in [6, 6.07) is 0. The molecular weight excluding hydrogens is 462 g/mol. The van der Waals surface area contributed by atoms with Crippen molar-refractivity contribution in [1.29, 1.82) is 0 Å². The van der Waals surface area contributed by atoms with Gasteiger partial charge >= 0.3 is 0 Å². The average molecular weight is 508 g/mol. The molecule has 37 heavy (non-hydrogen) atoms. The molecule has 7 atom stereocenters. The summed E-state index contributed by atoms with van der Waals surface area (Å²) in [5.41, 5.74) is 3.15. The second kappa shape index (κ2) is 10.3. The summed E-state index contributed by atoms with van der Waals surface area (Å²) in [5.74, 6) is 3.10.